The number of rotatable bonds is 7. The van der Waals surface area contributed by atoms with Gasteiger partial charge in [0.2, 0.25) is 0 Å². The van der Waals surface area contributed by atoms with Crippen LogP contribution in [0, 0.1) is 0 Å². The number of anilines is 1. The molecular weight excluding hydrogens is 464 g/mol. The lowest BCUT2D eigenvalue weighted by Gasteiger charge is -2.35. The third-order valence-electron chi connectivity index (χ3n) is 5.60. The Bertz CT molecular complexity index is 1280. The van der Waals surface area contributed by atoms with Gasteiger partial charge in [0.25, 0.3) is 5.91 Å². The highest BCUT2D eigenvalue weighted by atomic mass is 35.5. The lowest BCUT2D eigenvalue weighted by Crippen LogP contribution is -2.43. The Morgan fingerprint density at radius 1 is 1.06 bits per heavy atom. The molecule has 0 saturated heterocycles. The van der Waals surface area contributed by atoms with Gasteiger partial charge in [-0.2, -0.15) is 0 Å². The molecule has 0 spiro atoms. The van der Waals surface area contributed by atoms with Crippen molar-refractivity contribution in [1.29, 1.82) is 0 Å². The van der Waals surface area contributed by atoms with Gasteiger partial charge in [0.15, 0.2) is 12.4 Å². The first-order chi connectivity index (χ1) is 16.7. The van der Waals surface area contributed by atoms with E-state index in [1.54, 1.807) is 61.7 Å². The molecule has 4 rings (SSSR count). The Morgan fingerprint density at radius 3 is 2.54 bits per heavy atom. The van der Waals surface area contributed by atoms with Crippen LogP contribution >= 0.6 is 11.6 Å². The first kappa shape index (κ1) is 24.4. The second-order valence-electron chi connectivity index (χ2n) is 9.00. The first-order valence-corrected chi connectivity index (χ1v) is 11.6. The Hall–Kier alpha value is -3.77. The molecule has 0 saturated carbocycles. The lowest BCUT2D eigenvalue weighted by atomic mass is 9.85. The maximum absolute atomic E-state index is 13.2. The maximum atomic E-state index is 13.2. The van der Waals surface area contributed by atoms with Crippen LogP contribution in [0.5, 0.6) is 11.5 Å². The molecule has 3 aromatic rings. The van der Waals surface area contributed by atoms with Crippen molar-refractivity contribution in [2.75, 3.05) is 19.0 Å². The van der Waals surface area contributed by atoms with Gasteiger partial charge in [-0.25, -0.2) is 0 Å². The number of fused-ring (bicyclic) bond motifs is 1. The number of benzene rings is 3. The molecule has 1 heterocycles. The van der Waals surface area contributed by atoms with Crippen LogP contribution in [0.25, 0.3) is 5.70 Å². The van der Waals surface area contributed by atoms with Crippen LogP contribution in [0.4, 0.5) is 5.69 Å². The fourth-order valence-corrected chi connectivity index (χ4v) is 4.12. The average molecular weight is 491 g/mol. The van der Waals surface area contributed by atoms with Gasteiger partial charge in [-0.1, -0.05) is 29.8 Å². The summed E-state index contributed by atoms with van der Waals surface area (Å²) in [4.78, 5) is 25.5. The third-order valence-corrected chi connectivity index (χ3v) is 5.85. The number of hydrogen-bond acceptors (Lipinski definition) is 5. The SMILES string of the molecule is COc1ccc2c(c1)C(=CC(=O)c1cccc(NC(=O)COc3ccc(Cl)cc3)c1)NC(C)(C)C2. The highest BCUT2D eigenvalue weighted by Gasteiger charge is 2.28. The molecule has 0 unspecified atom stereocenters. The van der Waals surface area contributed by atoms with Gasteiger partial charge in [-0.15, -0.1) is 0 Å². The summed E-state index contributed by atoms with van der Waals surface area (Å²) in [5, 5.41) is 6.84. The number of ketones is 1. The number of nitrogens with one attached hydrogen (secondary N) is 2. The average Bonchev–Trinajstić information content (AvgIpc) is 2.83. The van der Waals surface area contributed by atoms with Gasteiger partial charge in [-0.05, 0) is 74.4 Å². The fourth-order valence-electron chi connectivity index (χ4n) is 3.99. The number of ether oxygens (including phenoxy) is 2. The highest BCUT2D eigenvalue weighted by Crippen LogP contribution is 2.32. The zero-order valence-electron chi connectivity index (χ0n) is 19.9. The molecule has 0 atom stereocenters. The zero-order chi connectivity index (χ0) is 25.0. The smallest absolute Gasteiger partial charge is 0.262 e. The van der Waals surface area contributed by atoms with Gasteiger partial charge in [-0.3, -0.25) is 9.59 Å². The summed E-state index contributed by atoms with van der Waals surface area (Å²) in [6, 6.07) is 19.5. The zero-order valence-corrected chi connectivity index (χ0v) is 20.6. The number of amides is 1. The highest BCUT2D eigenvalue weighted by molar-refractivity contribution is 6.30. The fraction of sp³-hybridized carbons (Fsp3) is 0.214. The van der Waals surface area contributed by atoms with Crippen LogP contribution in [0.3, 0.4) is 0 Å². The van der Waals surface area contributed by atoms with E-state index in [0.717, 1.165) is 29.0 Å². The summed E-state index contributed by atoms with van der Waals surface area (Å²) < 4.78 is 10.9. The standard InChI is InChI=1S/C28H27ClN2O4/c1-28(2)16-19-7-10-23(34-3)14-24(19)25(31-28)15-26(32)18-5-4-6-21(13-18)30-27(33)17-35-22-11-8-20(29)9-12-22/h4-15,31H,16-17H2,1-3H3,(H,30,33). The van der Waals surface area contributed by atoms with Crippen LogP contribution in [0.15, 0.2) is 72.8 Å². The van der Waals surface area contributed by atoms with Crippen LogP contribution in [0.1, 0.15) is 35.3 Å². The predicted molar refractivity (Wildman–Crippen MR) is 138 cm³/mol. The van der Waals surface area contributed by atoms with Gasteiger partial charge in [0.1, 0.15) is 11.5 Å². The molecule has 1 aliphatic rings. The number of methoxy groups -OCH3 is 1. The molecule has 35 heavy (non-hydrogen) atoms. The molecule has 0 fully saturated rings. The molecule has 0 aromatic heterocycles. The quantitative estimate of drug-likeness (QED) is 0.337. The molecule has 6 nitrogen and oxygen atoms in total. The van der Waals surface area contributed by atoms with Crippen molar-refractivity contribution in [3.8, 4) is 11.5 Å². The maximum Gasteiger partial charge on any atom is 0.262 e. The minimum Gasteiger partial charge on any atom is -0.497 e. The summed E-state index contributed by atoms with van der Waals surface area (Å²) in [5.74, 6) is 0.765. The third kappa shape index (κ3) is 6.22. The van der Waals surface area contributed by atoms with E-state index in [2.05, 4.69) is 24.5 Å². The van der Waals surface area contributed by atoms with Crippen molar-refractivity contribution in [2.45, 2.75) is 25.8 Å². The molecule has 0 radical (unpaired) electrons. The van der Waals surface area contributed by atoms with Crippen molar-refractivity contribution in [2.24, 2.45) is 0 Å². The molecule has 0 aliphatic carbocycles. The minimum absolute atomic E-state index is 0.165. The Balaban J connectivity index is 1.49. The lowest BCUT2D eigenvalue weighted by molar-refractivity contribution is -0.118. The summed E-state index contributed by atoms with van der Waals surface area (Å²) in [6.07, 6.45) is 2.43. The second kappa shape index (κ2) is 10.2. The first-order valence-electron chi connectivity index (χ1n) is 11.2. The van der Waals surface area contributed by atoms with Crippen LogP contribution < -0.4 is 20.1 Å². The van der Waals surface area contributed by atoms with E-state index >= 15 is 0 Å². The normalized spacial score (nSPS) is 15.0. The molecule has 2 N–H and O–H groups in total. The number of hydrogen-bond donors (Lipinski definition) is 2. The molecular formula is C28H27ClN2O4. The summed E-state index contributed by atoms with van der Waals surface area (Å²) in [7, 11) is 1.62. The van der Waals surface area contributed by atoms with Crippen LogP contribution in [-0.2, 0) is 11.2 Å². The van der Waals surface area contributed by atoms with E-state index in [-0.39, 0.29) is 23.8 Å². The van der Waals surface area contributed by atoms with Crippen molar-refractivity contribution < 1.29 is 19.1 Å². The van der Waals surface area contributed by atoms with Gasteiger partial charge in [0, 0.05) is 39.1 Å². The molecule has 0 bridgehead atoms. The van der Waals surface area contributed by atoms with E-state index < -0.39 is 0 Å². The Kier molecular flexibility index (Phi) is 7.12. The summed E-state index contributed by atoms with van der Waals surface area (Å²) in [6.45, 7) is 4.03. The van der Waals surface area contributed by atoms with Crippen LogP contribution in [-0.4, -0.2) is 30.9 Å². The van der Waals surface area contributed by atoms with Crippen molar-refractivity contribution in [3.63, 3.8) is 0 Å². The van der Waals surface area contributed by atoms with Crippen molar-refractivity contribution in [3.05, 3.63) is 94.5 Å². The predicted octanol–water partition coefficient (Wildman–Crippen LogP) is 5.51. The van der Waals surface area contributed by atoms with Gasteiger partial charge >= 0.3 is 0 Å². The Labute approximate surface area is 209 Å². The second-order valence-corrected chi connectivity index (χ2v) is 9.44. The Morgan fingerprint density at radius 2 is 1.80 bits per heavy atom. The number of carbonyl (C=O) groups is 2. The number of halogens is 1. The molecule has 3 aromatic carbocycles. The van der Waals surface area contributed by atoms with Gasteiger partial charge in [0.05, 0.1) is 7.11 Å². The number of carbonyl (C=O) groups excluding carboxylic acids is 2. The van der Waals surface area contributed by atoms with E-state index in [1.165, 1.54) is 0 Å². The van der Waals surface area contributed by atoms with E-state index in [4.69, 9.17) is 21.1 Å². The molecule has 1 aliphatic heterocycles. The van der Waals surface area contributed by atoms with Gasteiger partial charge < -0.3 is 20.1 Å². The minimum atomic E-state index is -0.334. The van der Waals surface area contributed by atoms with Crippen molar-refractivity contribution in [1.82, 2.24) is 5.32 Å². The van der Waals surface area contributed by atoms with Crippen molar-refractivity contribution >= 4 is 34.7 Å². The van der Waals surface area contributed by atoms with Crippen LogP contribution in [0.2, 0.25) is 5.02 Å². The molecule has 1 amide bonds. The topological polar surface area (TPSA) is 76.7 Å². The molecule has 7 heteroatoms. The van der Waals surface area contributed by atoms with E-state index in [1.807, 2.05) is 18.2 Å². The summed E-state index contributed by atoms with van der Waals surface area (Å²) in [5.41, 5.74) is 3.61. The van der Waals surface area contributed by atoms with E-state index in [9.17, 15) is 9.59 Å². The van der Waals surface area contributed by atoms with E-state index in [0.29, 0.717) is 22.0 Å². The monoisotopic (exact) mass is 490 g/mol. The summed E-state index contributed by atoms with van der Waals surface area (Å²) >= 11 is 5.86. The number of allylic oxidation sites excluding steroid dienone is 1. The largest absolute Gasteiger partial charge is 0.497 e. The molecule has 180 valence electrons.